The molecule has 0 aromatic carbocycles. The summed E-state index contributed by atoms with van der Waals surface area (Å²) in [6.45, 7) is 2.36. The third-order valence-corrected chi connectivity index (χ3v) is 8.09. The van der Waals surface area contributed by atoms with Crippen molar-refractivity contribution in [2.24, 2.45) is 29.1 Å². The van der Waals surface area contributed by atoms with Gasteiger partial charge < -0.3 is 4.74 Å². The van der Waals surface area contributed by atoms with Gasteiger partial charge in [0, 0.05) is 24.7 Å². The summed E-state index contributed by atoms with van der Waals surface area (Å²) >= 11 is 0. The van der Waals surface area contributed by atoms with E-state index in [0.29, 0.717) is 35.9 Å². The fourth-order valence-corrected chi connectivity index (χ4v) is 6.84. The van der Waals surface area contributed by atoms with E-state index in [9.17, 15) is 9.59 Å². The first kappa shape index (κ1) is 14.9. The molecule has 3 fully saturated rings. The molecule has 1 aliphatic heterocycles. The van der Waals surface area contributed by atoms with Gasteiger partial charge in [0.1, 0.15) is 5.60 Å². The number of hydrogen-bond acceptors (Lipinski definition) is 3. The number of rotatable bonds is 0. The van der Waals surface area contributed by atoms with E-state index < -0.39 is 0 Å². The lowest BCUT2D eigenvalue weighted by Gasteiger charge is -2.55. The van der Waals surface area contributed by atoms with Crippen molar-refractivity contribution in [3.63, 3.8) is 0 Å². The van der Waals surface area contributed by atoms with Crippen LogP contribution in [0.15, 0.2) is 23.8 Å². The van der Waals surface area contributed by atoms with Crippen molar-refractivity contribution in [3.05, 3.63) is 23.8 Å². The van der Waals surface area contributed by atoms with Crippen LogP contribution in [0.3, 0.4) is 0 Å². The Morgan fingerprint density at radius 1 is 1.04 bits per heavy atom. The molecule has 24 heavy (non-hydrogen) atoms. The van der Waals surface area contributed by atoms with E-state index >= 15 is 0 Å². The van der Waals surface area contributed by atoms with Gasteiger partial charge in [-0.2, -0.15) is 0 Å². The molecule has 1 spiro atoms. The van der Waals surface area contributed by atoms with Crippen molar-refractivity contribution in [1.29, 1.82) is 0 Å². The molecular formula is C21H26O3. The Morgan fingerprint density at radius 2 is 1.92 bits per heavy atom. The zero-order valence-corrected chi connectivity index (χ0v) is 14.4. The van der Waals surface area contributed by atoms with E-state index in [1.54, 1.807) is 0 Å². The Balaban J connectivity index is 1.47. The molecule has 5 rings (SSSR count). The zero-order chi connectivity index (χ0) is 16.5. The Bertz CT molecular complexity index is 675. The molecule has 6 atom stereocenters. The van der Waals surface area contributed by atoms with Crippen molar-refractivity contribution < 1.29 is 14.3 Å². The van der Waals surface area contributed by atoms with Gasteiger partial charge in [0.15, 0.2) is 5.78 Å². The van der Waals surface area contributed by atoms with Gasteiger partial charge in [-0.05, 0) is 67.9 Å². The molecule has 5 aliphatic rings. The van der Waals surface area contributed by atoms with Crippen molar-refractivity contribution in [2.75, 3.05) is 0 Å². The highest BCUT2D eigenvalue weighted by atomic mass is 16.6. The van der Waals surface area contributed by atoms with Crippen LogP contribution in [-0.4, -0.2) is 17.4 Å². The predicted molar refractivity (Wildman–Crippen MR) is 90.1 cm³/mol. The maximum atomic E-state index is 11.8. The number of allylic oxidation sites excluding steroid dienone is 3. The maximum Gasteiger partial charge on any atom is 0.306 e. The van der Waals surface area contributed by atoms with Crippen LogP contribution in [-0.2, 0) is 14.3 Å². The third-order valence-electron chi connectivity index (χ3n) is 8.09. The summed E-state index contributed by atoms with van der Waals surface area (Å²) in [7, 11) is 0. The van der Waals surface area contributed by atoms with Crippen LogP contribution in [0.2, 0.25) is 0 Å². The summed E-state index contributed by atoms with van der Waals surface area (Å²) in [5.41, 5.74) is 1.17. The molecule has 2 saturated carbocycles. The second kappa shape index (κ2) is 4.83. The molecule has 1 heterocycles. The largest absolute Gasteiger partial charge is 0.454 e. The van der Waals surface area contributed by atoms with Crippen LogP contribution < -0.4 is 0 Å². The Labute approximate surface area is 143 Å². The van der Waals surface area contributed by atoms with Gasteiger partial charge >= 0.3 is 5.97 Å². The highest BCUT2D eigenvalue weighted by Crippen LogP contribution is 2.65. The quantitative estimate of drug-likeness (QED) is 0.499. The molecule has 4 unspecified atom stereocenters. The van der Waals surface area contributed by atoms with E-state index in [2.05, 4.69) is 19.1 Å². The predicted octanol–water partition coefficient (Wildman–Crippen LogP) is 3.98. The number of esters is 1. The molecular weight excluding hydrogens is 300 g/mol. The topological polar surface area (TPSA) is 43.4 Å². The number of ether oxygens (including phenoxy) is 1. The monoisotopic (exact) mass is 326 g/mol. The van der Waals surface area contributed by atoms with Crippen LogP contribution in [0.4, 0.5) is 0 Å². The van der Waals surface area contributed by atoms with Crippen LogP contribution in [0.25, 0.3) is 0 Å². The summed E-state index contributed by atoms with van der Waals surface area (Å²) in [5.74, 6) is 2.87. The van der Waals surface area contributed by atoms with Crippen LogP contribution in [0.5, 0.6) is 0 Å². The lowest BCUT2D eigenvalue weighted by atomic mass is 9.50. The van der Waals surface area contributed by atoms with E-state index in [0.717, 1.165) is 32.1 Å². The molecule has 0 N–H and O–H groups in total. The van der Waals surface area contributed by atoms with Gasteiger partial charge in [0.2, 0.25) is 0 Å². The van der Waals surface area contributed by atoms with Crippen molar-refractivity contribution in [2.45, 2.75) is 63.9 Å². The van der Waals surface area contributed by atoms with Gasteiger partial charge in [0.25, 0.3) is 0 Å². The third kappa shape index (κ3) is 1.79. The number of hydrogen-bond donors (Lipinski definition) is 0. The molecule has 0 bridgehead atoms. The normalized spacial score (nSPS) is 49.5. The fraction of sp³-hybridized carbons (Fsp3) is 0.714. The van der Waals surface area contributed by atoms with Gasteiger partial charge in [-0.1, -0.05) is 18.6 Å². The molecule has 128 valence electrons. The summed E-state index contributed by atoms with van der Waals surface area (Å²) in [5, 5.41) is 0. The number of fused-ring (bicyclic) bond motifs is 6. The maximum absolute atomic E-state index is 11.8. The first-order valence-electron chi connectivity index (χ1n) is 9.67. The first-order chi connectivity index (χ1) is 11.5. The minimum Gasteiger partial charge on any atom is -0.454 e. The van der Waals surface area contributed by atoms with Crippen molar-refractivity contribution in [3.8, 4) is 0 Å². The van der Waals surface area contributed by atoms with Crippen LogP contribution in [0.1, 0.15) is 58.3 Å². The average Bonchev–Trinajstić information content (AvgIpc) is 3.08. The number of carbonyl (C=O) groups excluding carboxylic acids is 2. The summed E-state index contributed by atoms with van der Waals surface area (Å²) < 4.78 is 5.90. The molecule has 0 amide bonds. The fourth-order valence-electron chi connectivity index (χ4n) is 6.84. The van der Waals surface area contributed by atoms with Gasteiger partial charge in [-0.3, -0.25) is 9.59 Å². The van der Waals surface area contributed by atoms with Gasteiger partial charge in [-0.25, -0.2) is 0 Å². The van der Waals surface area contributed by atoms with Crippen molar-refractivity contribution >= 4 is 11.8 Å². The zero-order valence-electron chi connectivity index (χ0n) is 14.4. The molecule has 0 aromatic rings. The van der Waals surface area contributed by atoms with E-state index in [-0.39, 0.29) is 17.0 Å². The van der Waals surface area contributed by atoms with Gasteiger partial charge in [0.05, 0.1) is 0 Å². The van der Waals surface area contributed by atoms with E-state index in [1.807, 2.05) is 6.08 Å². The number of carbonyl (C=O) groups is 2. The minimum absolute atomic E-state index is 0.0247. The first-order valence-corrected chi connectivity index (χ1v) is 9.67. The van der Waals surface area contributed by atoms with Gasteiger partial charge in [-0.15, -0.1) is 0 Å². The SMILES string of the molecule is C[C@]12CCC3C4CCC(=O)C=C4CCC3C1C=C[C@@]21CCC(=O)O1. The molecule has 0 radical (unpaired) electrons. The Hall–Kier alpha value is -1.38. The average molecular weight is 326 g/mol. The highest BCUT2D eigenvalue weighted by Gasteiger charge is 2.63. The van der Waals surface area contributed by atoms with Crippen LogP contribution >= 0.6 is 0 Å². The summed E-state index contributed by atoms with van der Waals surface area (Å²) in [6, 6.07) is 0. The molecule has 1 saturated heterocycles. The van der Waals surface area contributed by atoms with Crippen LogP contribution in [0, 0.1) is 29.1 Å². The highest BCUT2D eigenvalue weighted by molar-refractivity contribution is 5.91. The molecule has 3 heteroatoms. The molecule has 0 aromatic heterocycles. The van der Waals surface area contributed by atoms with E-state index in [1.165, 1.54) is 18.4 Å². The Morgan fingerprint density at radius 3 is 2.71 bits per heavy atom. The molecule has 4 aliphatic carbocycles. The van der Waals surface area contributed by atoms with Crippen molar-refractivity contribution in [1.82, 2.24) is 0 Å². The number of ketones is 1. The second-order valence-corrected chi connectivity index (χ2v) is 8.90. The minimum atomic E-state index is -0.335. The second-order valence-electron chi connectivity index (χ2n) is 8.90. The van der Waals surface area contributed by atoms with E-state index in [4.69, 9.17) is 4.74 Å². The molecule has 3 nitrogen and oxygen atoms in total. The lowest BCUT2D eigenvalue weighted by molar-refractivity contribution is -0.161. The summed E-state index contributed by atoms with van der Waals surface area (Å²) in [6.07, 6.45) is 14.4. The standard InChI is InChI=1S/C21H26O3/c1-20-9-6-16-15-5-3-14(22)12-13(15)2-4-17(16)18(20)7-10-21(20)11-8-19(23)24-21/h7,10,12,15-18H,2-6,8-9,11H2,1H3/t15?,16?,17?,18?,20-,21+/m0/s1. The lowest BCUT2D eigenvalue weighted by Crippen LogP contribution is -2.53. The summed E-state index contributed by atoms with van der Waals surface area (Å²) in [4.78, 5) is 23.6. The smallest absolute Gasteiger partial charge is 0.306 e. The Kier molecular flexibility index (Phi) is 3.00.